The van der Waals surface area contributed by atoms with Crippen LogP contribution in [0.4, 0.5) is 0 Å². The molecule has 0 aliphatic rings. The fourth-order valence-electron chi connectivity index (χ4n) is 0.916. The second-order valence-corrected chi connectivity index (χ2v) is 5.45. The second-order valence-electron chi connectivity index (χ2n) is 3.22. The third-order valence-electron chi connectivity index (χ3n) is 1.20. The standard InChI is InChI=1S/C11H18O3Si.H4Si/c1-8-15(12-9(2)3,13-10(4)5)14-11(6)7;/h8H,1-2,4,6H2,3,5,7H3;1H4. The monoisotopic (exact) mass is 258 g/mol. The Labute approximate surface area is 103 Å². The van der Waals surface area contributed by atoms with Crippen molar-refractivity contribution in [3.63, 3.8) is 0 Å². The maximum absolute atomic E-state index is 5.47. The number of allylic oxidation sites excluding steroid dienone is 3. The summed E-state index contributed by atoms with van der Waals surface area (Å²) >= 11 is 0. The van der Waals surface area contributed by atoms with E-state index in [4.69, 9.17) is 13.3 Å². The third-order valence-corrected chi connectivity index (χ3v) is 3.60. The first-order valence-corrected chi connectivity index (χ1v) is 6.28. The zero-order chi connectivity index (χ0) is 12.1. The van der Waals surface area contributed by atoms with E-state index in [0.717, 1.165) is 0 Å². The maximum Gasteiger partial charge on any atom is 0.728 e. The van der Waals surface area contributed by atoms with Crippen molar-refractivity contribution in [2.24, 2.45) is 0 Å². The molecule has 0 aromatic rings. The molecular weight excluding hydrogens is 236 g/mol. The highest BCUT2D eigenvalue weighted by Crippen LogP contribution is 2.20. The zero-order valence-electron chi connectivity index (χ0n) is 9.63. The molecule has 0 unspecified atom stereocenters. The van der Waals surface area contributed by atoms with Gasteiger partial charge in [0.15, 0.2) is 0 Å². The summed E-state index contributed by atoms with van der Waals surface area (Å²) in [6.45, 7) is 19.8. The minimum absolute atomic E-state index is 0. The summed E-state index contributed by atoms with van der Waals surface area (Å²) in [5, 5.41) is 0. The van der Waals surface area contributed by atoms with Crippen LogP contribution in [0.1, 0.15) is 20.8 Å². The lowest BCUT2D eigenvalue weighted by atomic mass is 10.7. The van der Waals surface area contributed by atoms with E-state index in [2.05, 4.69) is 26.3 Å². The quantitative estimate of drug-likeness (QED) is 0.515. The molecule has 0 amide bonds. The van der Waals surface area contributed by atoms with Gasteiger partial charge in [-0.15, -0.1) is 0 Å². The molecule has 0 aliphatic carbocycles. The van der Waals surface area contributed by atoms with Gasteiger partial charge in [0.2, 0.25) is 0 Å². The minimum Gasteiger partial charge on any atom is -0.485 e. The molecule has 0 rings (SSSR count). The summed E-state index contributed by atoms with van der Waals surface area (Å²) in [4.78, 5) is 0. The molecule has 0 saturated carbocycles. The van der Waals surface area contributed by atoms with Crippen LogP contribution in [0.15, 0.2) is 49.3 Å². The van der Waals surface area contributed by atoms with Crippen LogP contribution in [0.25, 0.3) is 0 Å². The topological polar surface area (TPSA) is 27.7 Å². The summed E-state index contributed by atoms with van der Waals surface area (Å²) < 4.78 is 16.4. The van der Waals surface area contributed by atoms with Gasteiger partial charge in [-0.1, -0.05) is 26.3 Å². The van der Waals surface area contributed by atoms with Gasteiger partial charge in [0, 0.05) is 5.70 Å². The first-order valence-electron chi connectivity index (χ1n) is 4.48. The molecule has 0 bridgehead atoms. The highest BCUT2D eigenvalue weighted by molar-refractivity contribution is 6.67. The average Bonchev–Trinajstić information content (AvgIpc) is 1.99. The number of hydrogen-bond donors (Lipinski definition) is 0. The Morgan fingerprint density at radius 3 is 1.25 bits per heavy atom. The second kappa shape index (κ2) is 7.13. The predicted octanol–water partition coefficient (Wildman–Crippen LogP) is 1.85. The van der Waals surface area contributed by atoms with Crippen molar-refractivity contribution in [2.75, 3.05) is 0 Å². The zero-order valence-corrected chi connectivity index (χ0v) is 10.6. The van der Waals surface area contributed by atoms with Crippen LogP contribution in [0.3, 0.4) is 0 Å². The number of rotatable bonds is 7. The fourth-order valence-corrected chi connectivity index (χ4v) is 2.75. The smallest absolute Gasteiger partial charge is 0.485 e. The van der Waals surface area contributed by atoms with E-state index in [9.17, 15) is 0 Å². The lowest BCUT2D eigenvalue weighted by Crippen LogP contribution is -2.42. The van der Waals surface area contributed by atoms with Crippen LogP contribution >= 0.6 is 0 Å². The molecule has 0 saturated heterocycles. The van der Waals surface area contributed by atoms with E-state index in [1.807, 2.05) is 0 Å². The molecule has 0 aliphatic heterocycles. The summed E-state index contributed by atoms with van der Waals surface area (Å²) in [7, 11) is -2.99. The Bertz CT molecular complexity index is 257. The Morgan fingerprint density at radius 2 is 1.12 bits per heavy atom. The van der Waals surface area contributed by atoms with Crippen molar-refractivity contribution in [3.05, 3.63) is 49.3 Å². The molecule has 16 heavy (non-hydrogen) atoms. The molecular formula is C11H22O3Si2. The molecule has 0 aromatic carbocycles. The van der Waals surface area contributed by atoms with Gasteiger partial charge in [0.25, 0.3) is 0 Å². The van der Waals surface area contributed by atoms with Gasteiger partial charge >= 0.3 is 8.80 Å². The Kier molecular flexibility index (Phi) is 7.66. The van der Waals surface area contributed by atoms with Gasteiger partial charge in [-0.05, 0) is 31.7 Å². The molecule has 0 aromatic heterocycles. The molecule has 0 atom stereocenters. The van der Waals surface area contributed by atoms with E-state index in [-0.39, 0.29) is 11.0 Å². The first-order chi connectivity index (χ1) is 6.81. The Balaban J connectivity index is 0. The normalized spacial score (nSPS) is 9.44. The van der Waals surface area contributed by atoms with Crippen molar-refractivity contribution < 1.29 is 13.3 Å². The molecule has 92 valence electrons. The van der Waals surface area contributed by atoms with Crippen molar-refractivity contribution in [3.8, 4) is 0 Å². The summed E-state index contributed by atoms with van der Waals surface area (Å²) in [5.41, 5.74) is 1.52. The predicted molar refractivity (Wildman–Crippen MR) is 75.0 cm³/mol. The lowest BCUT2D eigenvalue weighted by molar-refractivity contribution is 0.159. The molecule has 3 nitrogen and oxygen atoms in total. The molecule has 5 heteroatoms. The van der Waals surface area contributed by atoms with Crippen LogP contribution < -0.4 is 0 Å². The molecule has 0 spiro atoms. The van der Waals surface area contributed by atoms with E-state index in [1.165, 1.54) is 5.70 Å². The maximum atomic E-state index is 5.47. The summed E-state index contributed by atoms with van der Waals surface area (Å²) in [5.74, 6) is 1.51. The largest absolute Gasteiger partial charge is 0.728 e. The van der Waals surface area contributed by atoms with Crippen molar-refractivity contribution in [2.45, 2.75) is 20.8 Å². The molecule has 0 N–H and O–H groups in total. The minimum atomic E-state index is -2.99. The summed E-state index contributed by atoms with van der Waals surface area (Å²) in [6.07, 6.45) is 0. The SMILES string of the molecule is C=C[Si](OC(=C)C)(OC(=C)C)OC(=C)C.[SiH4]. The van der Waals surface area contributed by atoms with Gasteiger partial charge in [0.1, 0.15) is 0 Å². The fraction of sp³-hybridized carbons (Fsp3) is 0.273. The van der Waals surface area contributed by atoms with E-state index < -0.39 is 8.80 Å². The van der Waals surface area contributed by atoms with E-state index in [1.54, 1.807) is 20.8 Å². The van der Waals surface area contributed by atoms with Crippen LogP contribution in [0, 0.1) is 0 Å². The highest BCUT2D eigenvalue weighted by Gasteiger charge is 2.45. The molecule has 0 fully saturated rings. The van der Waals surface area contributed by atoms with Gasteiger partial charge in [-0.3, -0.25) is 0 Å². The van der Waals surface area contributed by atoms with Crippen LogP contribution in [0.2, 0.25) is 0 Å². The van der Waals surface area contributed by atoms with Gasteiger partial charge < -0.3 is 13.3 Å². The van der Waals surface area contributed by atoms with Crippen LogP contribution in [0.5, 0.6) is 0 Å². The third kappa shape index (κ3) is 6.31. The lowest BCUT2D eigenvalue weighted by Gasteiger charge is -2.27. The van der Waals surface area contributed by atoms with Gasteiger partial charge in [0.05, 0.1) is 17.3 Å². The summed E-state index contributed by atoms with van der Waals surface area (Å²) in [6, 6.07) is 0. The van der Waals surface area contributed by atoms with Crippen LogP contribution in [-0.2, 0) is 13.3 Å². The average molecular weight is 258 g/mol. The van der Waals surface area contributed by atoms with Gasteiger partial charge in [-0.2, -0.15) is 0 Å². The molecule has 0 heterocycles. The first kappa shape index (κ1) is 17.2. The van der Waals surface area contributed by atoms with E-state index in [0.29, 0.717) is 17.3 Å². The van der Waals surface area contributed by atoms with Gasteiger partial charge in [-0.25, -0.2) is 0 Å². The van der Waals surface area contributed by atoms with Crippen molar-refractivity contribution in [1.82, 2.24) is 0 Å². The molecule has 0 radical (unpaired) electrons. The Hall–Kier alpha value is -1.21. The van der Waals surface area contributed by atoms with Crippen LogP contribution in [-0.4, -0.2) is 19.8 Å². The number of hydrogen-bond acceptors (Lipinski definition) is 3. The van der Waals surface area contributed by atoms with E-state index >= 15 is 0 Å². The van der Waals surface area contributed by atoms with Crippen molar-refractivity contribution in [1.29, 1.82) is 0 Å². The Morgan fingerprint density at radius 1 is 0.875 bits per heavy atom. The van der Waals surface area contributed by atoms with Crippen molar-refractivity contribution >= 4 is 19.8 Å². The highest BCUT2D eigenvalue weighted by atomic mass is 28.4.